The van der Waals surface area contributed by atoms with Gasteiger partial charge in [-0.05, 0) is 37.8 Å². The molecule has 1 N–H and O–H groups in total. The second kappa shape index (κ2) is 8.02. The van der Waals surface area contributed by atoms with E-state index in [1.165, 1.54) is 0 Å². The highest BCUT2D eigenvalue weighted by atomic mass is 32.2. The van der Waals surface area contributed by atoms with Crippen molar-refractivity contribution in [3.05, 3.63) is 29.3 Å². The molecule has 2 unspecified atom stereocenters. The van der Waals surface area contributed by atoms with Crippen molar-refractivity contribution in [3.63, 3.8) is 0 Å². The average molecular weight is 434 g/mol. The molecule has 0 aliphatic carbocycles. The zero-order chi connectivity index (χ0) is 21.5. The van der Waals surface area contributed by atoms with Crippen LogP contribution in [0.1, 0.15) is 41.6 Å². The van der Waals surface area contributed by atoms with E-state index in [0.717, 1.165) is 31.5 Å². The Labute approximate surface area is 176 Å². The molecular formula is C21H27N3O5S. The monoisotopic (exact) mass is 433 g/mol. The fraction of sp³-hybridized carbons (Fsp3) is 0.571. The van der Waals surface area contributed by atoms with E-state index in [-0.39, 0.29) is 48.2 Å². The maximum absolute atomic E-state index is 13.0. The highest BCUT2D eigenvalue weighted by Crippen LogP contribution is 2.29. The fourth-order valence-corrected chi connectivity index (χ4v) is 6.38. The summed E-state index contributed by atoms with van der Waals surface area (Å²) in [5.74, 6) is -1.08. The average Bonchev–Trinajstić information content (AvgIpc) is 3.41. The molecule has 2 atom stereocenters. The standard InChI is InChI=1S/C21H27N3O5S/c1-14-5-4-6-17(19(14)21(27)23-8-2-3-9-23)22-20(26)15-11-18(25)24(12-15)16-7-10-30(28,29)13-16/h4-6,15-16H,2-3,7-13H2,1H3,(H,22,26). The molecule has 1 aromatic rings. The third kappa shape index (κ3) is 4.08. The Hall–Kier alpha value is -2.42. The number of amides is 3. The summed E-state index contributed by atoms with van der Waals surface area (Å²) in [5, 5.41) is 2.86. The number of carbonyl (C=O) groups is 3. The second-order valence-electron chi connectivity index (χ2n) is 8.49. The topological polar surface area (TPSA) is 104 Å². The van der Waals surface area contributed by atoms with Crippen LogP contribution in [-0.4, -0.2) is 73.1 Å². The third-order valence-corrected chi connectivity index (χ3v) is 8.07. The van der Waals surface area contributed by atoms with Crippen molar-refractivity contribution in [2.24, 2.45) is 5.92 Å². The summed E-state index contributed by atoms with van der Waals surface area (Å²) in [7, 11) is -3.11. The molecule has 0 spiro atoms. The molecular weight excluding hydrogens is 406 g/mol. The summed E-state index contributed by atoms with van der Waals surface area (Å²) < 4.78 is 23.5. The first-order chi connectivity index (χ1) is 14.2. The summed E-state index contributed by atoms with van der Waals surface area (Å²) in [5.41, 5.74) is 1.76. The first-order valence-electron chi connectivity index (χ1n) is 10.4. The molecule has 3 saturated heterocycles. The molecule has 3 aliphatic rings. The van der Waals surface area contributed by atoms with Crippen molar-refractivity contribution >= 4 is 33.2 Å². The molecule has 30 heavy (non-hydrogen) atoms. The van der Waals surface area contributed by atoms with Crippen LogP contribution >= 0.6 is 0 Å². The maximum atomic E-state index is 13.0. The highest BCUT2D eigenvalue weighted by molar-refractivity contribution is 7.91. The van der Waals surface area contributed by atoms with Crippen LogP contribution in [0.15, 0.2) is 18.2 Å². The van der Waals surface area contributed by atoms with Gasteiger partial charge in [-0.25, -0.2) is 8.42 Å². The van der Waals surface area contributed by atoms with E-state index in [4.69, 9.17) is 0 Å². The van der Waals surface area contributed by atoms with E-state index in [2.05, 4.69) is 5.32 Å². The van der Waals surface area contributed by atoms with Crippen molar-refractivity contribution < 1.29 is 22.8 Å². The van der Waals surface area contributed by atoms with Crippen molar-refractivity contribution in [2.75, 3.05) is 36.5 Å². The van der Waals surface area contributed by atoms with Gasteiger partial charge in [-0.1, -0.05) is 12.1 Å². The number of rotatable bonds is 4. The van der Waals surface area contributed by atoms with Crippen molar-refractivity contribution in [1.29, 1.82) is 0 Å². The smallest absolute Gasteiger partial charge is 0.256 e. The van der Waals surface area contributed by atoms with Gasteiger partial charge in [0.15, 0.2) is 9.84 Å². The van der Waals surface area contributed by atoms with Crippen LogP contribution in [0.5, 0.6) is 0 Å². The number of carbonyl (C=O) groups excluding carboxylic acids is 3. The quantitative estimate of drug-likeness (QED) is 0.769. The van der Waals surface area contributed by atoms with Gasteiger partial charge in [-0.2, -0.15) is 0 Å². The molecule has 3 heterocycles. The van der Waals surface area contributed by atoms with Crippen LogP contribution in [0, 0.1) is 12.8 Å². The molecule has 3 fully saturated rings. The maximum Gasteiger partial charge on any atom is 0.256 e. The molecule has 3 amide bonds. The SMILES string of the molecule is Cc1cccc(NC(=O)C2CC(=O)N(C3CCS(=O)(=O)C3)C2)c1C(=O)N1CCCC1. The normalized spacial score (nSPS) is 25.7. The zero-order valence-electron chi connectivity index (χ0n) is 17.1. The summed E-state index contributed by atoms with van der Waals surface area (Å²) in [6.07, 6.45) is 2.45. The van der Waals surface area contributed by atoms with Crippen molar-refractivity contribution in [1.82, 2.24) is 9.80 Å². The summed E-state index contributed by atoms with van der Waals surface area (Å²) in [6.45, 7) is 3.50. The lowest BCUT2D eigenvalue weighted by atomic mass is 10.0. The summed E-state index contributed by atoms with van der Waals surface area (Å²) >= 11 is 0. The number of hydrogen-bond acceptors (Lipinski definition) is 5. The number of anilines is 1. The first kappa shape index (κ1) is 20.8. The van der Waals surface area contributed by atoms with Crippen LogP contribution in [0.25, 0.3) is 0 Å². The lowest BCUT2D eigenvalue weighted by Gasteiger charge is -2.23. The Morgan fingerprint density at radius 1 is 1.17 bits per heavy atom. The van der Waals surface area contributed by atoms with Crippen LogP contribution in [0.3, 0.4) is 0 Å². The Bertz CT molecular complexity index is 984. The van der Waals surface area contributed by atoms with E-state index in [0.29, 0.717) is 17.7 Å². The largest absolute Gasteiger partial charge is 0.339 e. The first-order valence-corrected chi connectivity index (χ1v) is 12.3. The van der Waals surface area contributed by atoms with Crippen LogP contribution in [0.4, 0.5) is 5.69 Å². The molecule has 0 aromatic heterocycles. The zero-order valence-corrected chi connectivity index (χ0v) is 17.9. The van der Waals surface area contributed by atoms with E-state index in [1.54, 1.807) is 21.9 Å². The van der Waals surface area contributed by atoms with Gasteiger partial charge in [0, 0.05) is 32.1 Å². The predicted octanol–water partition coefficient (Wildman–Crippen LogP) is 1.21. The lowest BCUT2D eigenvalue weighted by Crippen LogP contribution is -2.38. The Kier molecular flexibility index (Phi) is 5.57. The van der Waals surface area contributed by atoms with Gasteiger partial charge < -0.3 is 15.1 Å². The van der Waals surface area contributed by atoms with Gasteiger partial charge in [0.05, 0.1) is 28.7 Å². The summed E-state index contributed by atoms with van der Waals surface area (Å²) in [4.78, 5) is 41.7. The molecule has 0 saturated carbocycles. The molecule has 9 heteroatoms. The number of nitrogens with one attached hydrogen (secondary N) is 1. The van der Waals surface area contributed by atoms with Gasteiger partial charge >= 0.3 is 0 Å². The van der Waals surface area contributed by atoms with Gasteiger partial charge in [-0.3, -0.25) is 14.4 Å². The summed E-state index contributed by atoms with van der Waals surface area (Å²) in [6, 6.07) is 5.01. The number of likely N-dealkylation sites (tertiary alicyclic amines) is 2. The van der Waals surface area contributed by atoms with Gasteiger partial charge in [-0.15, -0.1) is 0 Å². The number of sulfone groups is 1. The second-order valence-corrected chi connectivity index (χ2v) is 10.7. The Morgan fingerprint density at radius 2 is 1.90 bits per heavy atom. The van der Waals surface area contributed by atoms with E-state index in [1.807, 2.05) is 13.0 Å². The number of nitrogens with zero attached hydrogens (tertiary/aromatic N) is 2. The highest BCUT2D eigenvalue weighted by Gasteiger charge is 2.42. The minimum Gasteiger partial charge on any atom is -0.339 e. The van der Waals surface area contributed by atoms with Gasteiger partial charge in [0.2, 0.25) is 11.8 Å². The van der Waals surface area contributed by atoms with Crippen molar-refractivity contribution in [3.8, 4) is 0 Å². The van der Waals surface area contributed by atoms with Gasteiger partial charge in [0.25, 0.3) is 5.91 Å². The Balaban J connectivity index is 1.47. The molecule has 0 radical (unpaired) electrons. The Morgan fingerprint density at radius 3 is 2.57 bits per heavy atom. The van der Waals surface area contributed by atoms with E-state index >= 15 is 0 Å². The lowest BCUT2D eigenvalue weighted by molar-refractivity contribution is -0.129. The molecule has 4 rings (SSSR count). The predicted molar refractivity (Wildman–Crippen MR) is 112 cm³/mol. The van der Waals surface area contributed by atoms with Crippen LogP contribution in [-0.2, 0) is 19.4 Å². The van der Waals surface area contributed by atoms with Crippen LogP contribution < -0.4 is 5.32 Å². The van der Waals surface area contributed by atoms with Gasteiger partial charge in [0.1, 0.15) is 0 Å². The fourth-order valence-electron chi connectivity index (χ4n) is 4.65. The van der Waals surface area contributed by atoms with E-state index < -0.39 is 15.8 Å². The molecule has 3 aliphatic heterocycles. The molecule has 0 bridgehead atoms. The molecule has 8 nitrogen and oxygen atoms in total. The van der Waals surface area contributed by atoms with Crippen LogP contribution in [0.2, 0.25) is 0 Å². The minimum absolute atomic E-state index is 0.0283. The number of hydrogen-bond donors (Lipinski definition) is 1. The third-order valence-electron chi connectivity index (χ3n) is 6.32. The molecule has 1 aromatic carbocycles. The van der Waals surface area contributed by atoms with Crippen molar-refractivity contribution in [2.45, 2.75) is 38.6 Å². The number of benzene rings is 1. The number of aryl methyl sites for hydroxylation is 1. The van der Waals surface area contributed by atoms with E-state index in [9.17, 15) is 22.8 Å². The molecule has 162 valence electrons. The minimum atomic E-state index is -3.11.